The molecule has 1 saturated heterocycles. The lowest BCUT2D eigenvalue weighted by atomic mass is 9.73. The van der Waals surface area contributed by atoms with Crippen molar-refractivity contribution in [2.75, 3.05) is 27.3 Å². The van der Waals surface area contributed by atoms with Gasteiger partial charge in [-0.05, 0) is 28.2 Å². The molecule has 0 amide bonds. The molecule has 1 aliphatic heterocycles. The van der Waals surface area contributed by atoms with E-state index in [0.29, 0.717) is 17.7 Å². The van der Waals surface area contributed by atoms with Crippen LogP contribution in [0.25, 0.3) is 6.08 Å². The van der Waals surface area contributed by atoms with Crippen molar-refractivity contribution in [2.24, 2.45) is 5.41 Å². The summed E-state index contributed by atoms with van der Waals surface area (Å²) in [6.07, 6.45) is 1.83. The first-order valence-corrected chi connectivity index (χ1v) is 12.3. The van der Waals surface area contributed by atoms with Crippen LogP contribution in [0, 0.1) is 15.5 Å². The van der Waals surface area contributed by atoms with E-state index in [9.17, 15) is 19.7 Å². The van der Waals surface area contributed by atoms with Crippen LogP contribution in [0.1, 0.15) is 35.6 Å². The monoisotopic (exact) mass is 514 g/mol. The van der Waals surface area contributed by atoms with E-state index in [1.165, 1.54) is 26.4 Å². The predicted octanol–water partition coefficient (Wildman–Crippen LogP) is 5.17. The summed E-state index contributed by atoms with van der Waals surface area (Å²) in [6, 6.07) is 24.5. The van der Waals surface area contributed by atoms with Gasteiger partial charge in [-0.2, -0.15) is 0 Å². The Bertz CT molecular complexity index is 1310. The number of hydrogen-bond acceptors (Lipinski definition) is 7. The third-order valence-corrected chi connectivity index (χ3v) is 7.11. The second-order valence-electron chi connectivity index (χ2n) is 9.36. The minimum Gasteiger partial charge on any atom is -0.468 e. The summed E-state index contributed by atoms with van der Waals surface area (Å²) in [5.74, 6) is -1.43. The molecule has 2 atom stereocenters. The van der Waals surface area contributed by atoms with E-state index in [0.717, 1.165) is 11.1 Å². The maximum atomic E-state index is 13.7. The van der Waals surface area contributed by atoms with Gasteiger partial charge in [-0.3, -0.25) is 24.6 Å². The summed E-state index contributed by atoms with van der Waals surface area (Å²) in [4.78, 5) is 40.3. The van der Waals surface area contributed by atoms with Crippen LogP contribution in [0.15, 0.2) is 90.5 Å². The summed E-state index contributed by atoms with van der Waals surface area (Å²) in [5, 5.41) is 11.3. The first kappa shape index (κ1) is 26.8. The molecule has 1 fully saturated rings. The molecule has 0 aliphatic carbocycles. The molecule has 3 aromatic rings. The first-order valence-electron chi connectivity index (χ1n) is 12.3. The van der Waals surface area contributed by atoms with Crippen molar-refractivity contribution < 1.29 is 24.0 Å². The molecular formula is C30H30N2O6. The maximum Gasteiger partial charge on any atom is 0.329 e. The van der Waals surface area contributed by atoms with Crippen LogP contribution in [0.4, 0.5) is 5.69 Å². The molecule has 0 aromatic heterocycles. The molecule has 196 valence electrons. The largest absolute Gasteiger partial charge is 0.468 e. The highest BCUT2D eigenvalue weighted by Crippen LogP contribution is 2.53. The molecule has 3 aromatic carbocycles. The number of likely N-dealkylation sites (tertiary alicyclic amines) is 1. The third-order valence-electron chi connectivity index (χ3n) is 7.11. The molecule has 1 aliphatic rings. The topological polar surface area (TPSA) is 99.0 Å². The lowest BCUT2D eigenvalue weighted by molar-refractivity contribution is -0.384. The molecule has 0 unspecified atom stereocenters. The zero-order valence-electron chi connectivity index (χ0n) is 21.6. The number of esters is 2. The molecule has 8 heteroatoms. The number of carbonyl (C=O) groups is 2. The summed E-state index contributed by atoms with van der Waals surface area (Å²) >= 11 is 0. The van der Waals surface area contributed by atoms with Crippen molar-refractivity contribution >= 4 is 23.7 Å². The summed E-state index contributed by atoms with van der Waals surface area (Å²) < 4.78 is 10.5. The van der Waals surface area contributed by atoms with Crippen LogP contribution in [0.3, 0.4) is 0 Å². The van der Waals surface area contributed by atoms with E-state index in [1.54, 1.807) is 12.1 Å². The van der Waals surface area contributed by atoms with E-state index in [2.05, 4.69) is 11.8 Å². The van der Waals surface area contributed by atoms with Gasteiger partial charge in [-0.25, -0.2) is 0 Å². The highest BCUT2D eigenvalue weighted by atomic mass is 16.6. The number of nitro groups is 1. The Morgan fingerprint density at radius 1 is 0.974 bits per heavy atom. The summed E-state index contributed by atoms with van der Waals surface area (Å²) in [7, 11) is 2.49. The van der Waals surface area contributed by atoms with E-state index in [4.69, 9.17) is 9.47 Å². The van der Waals surface area contributed by atoms with E-state index < -0.39 is 28.3 Å². The minimum absolute atomic E-state index is 0.0563. The van der Waals surface area contributed by atoms with Crippen LogP contribution in [0.2, 0.25) is 0 Å². The second-order valence-corrected chi connectivity index (χ2v) is 9.36. The van der Waals surface area contributed by atoms with Crippen LogP contribution in [0.5, 0.6) is 0 Å². The number of nitrogens with zero attached hydrogens (tertiary/aromatic N) is 2. The average Bonchev–Trinajstić information content (AvgIpc) is 3.26. The SMILES string of the molecule is COC(=O)C1(C(=O)OC)/C(=C/c2ccccc2)CN(C[C@H](C)c2ccccc2)[C@@H]1c1ccc([N+](=O)[O-])cc1. The van der Waals surface area contributed by atoms with Crippen LogP contribution < -0.4 is 0 Å². The Kier molecular flexibility index (Phi) is 8.02. The van der Waals surface area contributed by atoms with E-state index in [1.807, 2.05) is 66.7 Å². The smallest absolute Gasteiger partial charge is 0.329 e. The number of hydrogen-bond donors (Lipinski definition) is 0. The number of nitro benzene ring substituents is 1. The van der Waals surface area contributed by atoms with Gasteiger partial charge in [0.05, 0.1) is 25.2 Å². The summed E-state index contributed by atoms with van der Waals surface area (Å²) in [6.45, 7) is 2.88. The van der Waals surface area contributed by atoms with Crippen molar-refractivity contribution in [2.45, 2.75) is 18.9 Å². The zero-order valence-corrected chi connectivity index (χ0v) is 21.6. The second kappa shape index (κ2) is 11.4. The fourth-order valence-corrected chi connectivity index (χ4v) is 5.33. The Morgan fingerprint density at radius 2 is 1.53 bits per heavy atom. The Morgan fingerprint density at radius 3 is 2.05 bits per heavy atom. The quantitative estimate of drug-likeness (QED) is 0.177. The van der Waals surface area contributed by atoms with Crippen molar-refractivity contribution in [1.29, 1.82) is 0 Å². The number of rotatable bonds is 8. The number of methoxy groups -OCH3 is 2. The van der Waals surface area contributed by atoms with Gasteiger partial charge in [-0.15, -0.1) is 0 Å². The van der Waals surface area contributed by atoms with Crippen molar-refractivity contribution in [3.05, 3.63) is 117 Å². The van der Waals surface area contributed by atoms with Gasteiger partial charge in [-0.1, -0.05) is 85.8 Å². The first-order chi connectivity index (χ1) is 18.3. The lowest BCUT2D eigenvalue weighted by Gasteiger charge is -2.35. The third kappa shape index (κ3) is 4.95. The number of benzene rings is 3. The van der Waals surface area contributed by atoms with Crippen molar-refractivity contribution in [3.8, 4) is 0 Å². The fourth-order valence-electron chi connectivity index (χ4n) is 5.33. The number of non-ortho nitro benzene ring substituents is 1. The fraction of sp³-hybridized carbons (Fsp3) is 0.267. The minimum atomic E-state index is -1.81. The van der Waals surface area contributed by atoms with Gasteiger partial charge < -0.3 is 9.47 Å². The van der Waals surface area contributed by atoms with Gasteiger partial charge in [0, 0.05) is 25.2 Å². The molecular weight excluding hydrogens is 484 g/mol. The molecule has 4 rings (SSSR count). The standard InChI is InChI=1S/C30H30N2O6/c1-21(23-12-8-5-9-13-23)19-31-20-25(18-22-10-6-4-7-11-22)30(28(33)37-2,29(34)38-3)27(31)24-14-16-26(17-15-24)32(35)36/h4-18,21,27H,19-20H2,1-3H3/b25-18+/t21-,27+/m0/s1. The van der Waals surface area contributed by atoms with E-state index >= 15 is 0 Å². The number of ether oxygens (including phenoxy) is 2. The summed E-state index contributed by atoms with van der Waals surface area (Å²) in [5.41, 5.74) is 1.13. The van der Waals surface area contributed by atoms with Gasteiger partial charge in [0.1, 0.15) is 0 Å². The van der Waals surface area contributed by atoms with Crippen LogP contribution in [-0.4, -0.2) is 49.1 Å². The average molecular weight is 515 g/mol. The van der Waals surface area contributed by atoms with E-state index in [-0.39, 0.29) is 18.2 Å². The van der Waals surface area contributed by atoms with Crippen molar-refractivity contribution in [3.63, 3.8) is 0 Å². The van der Waals surface area contributed by atoms with Gasteiger partial charge in [0.2, 0.25) is 5.41 Å². The van der Waals surface area contributed by atoms with Crippen LogP contribution in [-0.2, 0) is 19.1 Å². The van der Waals surface area contributed by atoms with Crippen LogP contribution >= 0.6 is 0 Å². The molecule has 0 spiro atoms. The Labute approximate surface area is 221 Å². The molecule has 0 bridgehead atoms. The molecule has 8 nitrogen and oxygen atoms in total. The highest BCUT2D eigenvalue weighted by Gasteiger charge is 2.63. The lowest BCUT2D eigenvalue weighted by Crippen LogP contribution is -2.47. The Balaban J connectivity index is 1.93. The normalized spacial score (nSPS) is 18.6. The predicted molar refractivity (Wildman–Crippen MR) is 143 cm³/mol. The Hall–Kier alpha value is -4.30. The molecule has 38 heavy (non-hydrogen) atoms. The van der Waals surface area contributed by atoms with Gasteiger partial charge in [0.25, 0.3) is 5.69 Å². The number of carbonyl (C=O) groups excluding carboxylic acids is 2. The molecule has 0 saturated carbocycles. The molecule has 1 heterocycles. The van der Waals surface area contributed by atoms with Gasteiger partial charge >= 0.3 is 11.9 Å². The molecule has 0 radical (unpaired) electrons. The zero-order chi connectivity index (χ0) is 27.3. The van der Waals surface area contributed by atoms with Crippen molar-refractivity contribution in [1.82, 2.24) is 4.90 Å². The molecule has 0 N–H and O–H groups in total. The maximum absolute atomic E-state index is 13.7. The highest BCUT2D eigenvalue weighted by molar-refractivity contribution is 6.06. The van der Waals surface area contributed by atoms with Gasteiger partial charge in [0.15, 0.2) is 0 Å².